The lowest BCUT2D eigenvalue weighted by Crippen LogP contribution is -2.21. The van der Waals surface area contributed by atoms with Crippen LogP contribution in [0.1, 0.15) is 30.6 Å². The van der Waals surface area contributed by atoms with Gasteiger partial charge in [-0.3, -0.25) is 9.59 Å². The van der Waals surface area contributed by atoms with Gasteiger partial charge >= 0.3 is 0 Å². The molecule has 0 saturated heterocycles. The van der Waals surface area contributed by atoms with Crippen molar-refractivity contribution in [1.82, 2.24) is 5.43 Å². The van der Waals surface area contributed by atoms with Gasteiger partial charge in [-0.25, -0.2) is 5.43 Å². The van der Waals surface area contributed by atoms with Crippen LogP contribution in [0.15, 0.2) is 65.8 Å². The van der Waals surface area contributed by atoms with Crippen LogP contribution in [0.4, 0.5) is 5.69 Å². The molecule has 7 heteroatoms. The van der Waals surface area contributed by atoms with Crippen LogP contribution in [-0.2, 0) is 4.79 Å². The molecule has 30 heavy (non-hydrogen) atoms. The second-order valence-corrected chi connectivity index (χ2v) is 6.66. The number of benzene rings is 3. The van der Waals surface area contributed by atoms with Gasteiger partial charge in [0.15, 0.2) is 0 Å². The summed E-state index contributed by atoms with van der Waals surface area (Å²) in [5, 5.41) is 18.5. The number of phenolic OH excluding ortho intramolecular Hbond substituents is 1. The molecule has 0 aliphatic rings. The number of para-hydroxylation sites is 2. The van der Waals surface area contributed by atoms with Gasteiger partial charge in [-0.15, -0.1) is 0 Å². The molecule has 3 rings (SSSR count). The van der Waals surface area contributed by atoms with Gasteiger partial charge in [0.05, 0.1) is 24.3 Å². The molecule has 3 aromatic carbocycles. The van der Waals surface area contributed by atoms with Gasteiger partial charge < -0.3 is 15.2 Å². The van der Waals surface area contributed by atoms with E-state index in [0.717, 1.165) is 10.8 Å². The minimum Gasteiger partial charge on any atom is -0.507 e. The Morgan fingerprint density at radius 2 is 1.70 bits per heavy atom. The highest BCUT2D eigenvalue weighted by molar-refractivity contribution is 6.07. The molecule has 0 radical (unpaired) electrons. The highest BCUT2D eigenvalue weighted by Gasteiger charge is 2.13. The Morgan fingerprint density at radius 3 is 2.43 bits per heavy atom. The van der Waals surface area contributed by atoms with E-state index in [1.54, 1.807) is 31.2 Å². The molecular formula is C23H23N3O4. The zero-order valence-corrected chi connectivity index (χ0v) is 16.8. The van der Waals surface area contributed by atoms with E-state index in [9.17, 15) is 14.7 Å². The molecule has 0 heterocycles. The molecule has 154 valence electrons. The first-order valence-corrected chi connectivity index (χ1v) is 9.55. The number of ether oxygens (including phenoxy) is 1. The summed E-state index contributed by atoms with van der Waals surface area (Å²) in [6.07, 6.45) is -0.00948. The SMILES string of the molecule is CCOc1ccccc1NC(=O)C/C(C)=N\NC(=O)c1cc2ccccc2cc1O. The van der Waals surface area contributed by atoms with Crippen LogP contribution >= 0.6 is 0 Å². The Labute approximate surface area is 174 Å². The molecule has 0 aliphatic carbocycles. The number of hydrogen-bond acceptors (Lipinski definition) is 5. The molecular weight excluding hydrogens is 382 g/mol. The van der Waals surface area contributed by atoms with Crippen LogP contribution in [-0.4, -0.2) is 29.2 Å². The third-order valence-electron chi connectivity index (χ3n) is 4.33. The van der Waals surface area contributed by atoms with E-state index in [0.29, 0.717) is 23.8 Å². The van der Waals surface area contributed by atoms with E-state index in [4.69, 9.17) is 4.74 Å². The Balaban J connectivity index is 1.63. The zero-order chi connectivity index (χ0) is 21.5. The van der Waals surface area contributed by atoms with Crippen LogP contribution in [0.3, 0.4) is 0 Å². The van der Waals surface area contributed by atoms with Gasteiger partial charge in [-0.05, 0) is 48.9 Å². The molecule has 3 N–H and O–H groups in total. The topological polar surface area (TPSA) is 100 Å². The molecule has 0 aliphatic heterocycles. The number of rotatable bonds is 7. The molecule has 0 unspecified atom stereocenters. The van der Waals surface area contributed by atoms with E-state index in [2.05, 4.69) is 15.8 Å². The van der Waals surface area contributed by atoms with Gasteiger partial charge in [0.2, 0.25) is 5.91 Å². The third kappa shape index (κ3) is 5.14. The third-order valence-corrected chi connectivity index (χ3v) is 4.33. The standard InChI is InChI=1S/C23H23N3O4/c1-3-30-21-11-7-6-10-19(21)24-22(28)12-15(2)25-26-23(29)18-13-16-8-4-5-9-17(16)14-20(18)27/h4-11,13-14,27H,3,12H2,1-2H3,(H,24,28)(H,26,29)/b25-15-. The summed E-state index contributed by atoms with van der Waals surface area (Å²) in [5.74, 6) is -0.391. The maximum absolute atomic E-state index is 12.4. The van der Waals surface area contributed by atoms with Gasteiger partial charge in [0, 0.05) is 5.71 Å². The lowest BCUT2D eigenvalue weighted by Gasteiger charge is -2.11. The fraction of sp³-hybridized carbons (Fsp3) is 0.174. The molecule has 0 atom stereocenters. The number of fused-ring (bicyclic) bond motifs is 1. The van der Waals surface area contributed by atoms with Crippen molar-refractivity contribution in [3.05, 3.63) is 66.2 Å². The summed E-state index contributed by atoms with van der Waals surface area (Å²) in [6, 6.07) is 17.7. The molecule has 0 aromatic heterocycles. The number of aromatic hydroxyl groups is 1. The Bertz CT molecular complexity index is 1110. The van der Waals surface area contributed by atoms with Crippen LogP contribution in [0.5, 0.6) is 11.5 Å². The van der Waals surface area contributed by atoms with E-state index >= 15 is 0 Å². The average molecular weight is 405 g/mol. The van der Waals surface area contributed by atoms with Crippen molar-refractivity contribution in [2.75, 3.05) is 11.9 Å². The van der Waals surface area contributed by atoms with E-state index in [1.807, 2.05) is 37.3 Å². The fourth-order valence-corrected chi connectivity index (χ4v) is 2.93. The number of hydrazone groups is 1. The van der Waals surface area contributed by atoms with Gasteiger partial charge in [0.25, 0.3) is 5.91 Å². The van der Waals surface area contributed by atoms with E-state index < -0.39 is 5.91 Å². The highest BCUT2D eigenvalue weighted by atomic mass is 16.5. The highest BCUT2D eigenvalue weighted by Crippen LogP contribution is 2.25. The second kappa shape index (κ2) is 9.56. The van der Waals surface area contributed by atoms with Crippen LogP contribution in [0.25, 0.3) is 10.8 Å². The number of carbonyl (C=O) groups excluding carboxylic acids is 2. The van der Waals surface area contributed by atoms with Crippen molar-refractivity contribution in [2.45, 2.75) is 20.3 Å². The van der Waals surface area contributed by atoms with Gasteiger partial charge in [-0.2, -0.15) is 5.10 Å². The van der Waals surface area contributed by atoms with Crippen LogP contribution in [0.2, 0.25) is 0 Å². The molecule has 0 fully saturated rings. The summed E-state index contributed by atoms with van der Waals surface area (Å²) in [6.45, 7) is 3.99. The molecule has 3 aromatic rings. The Hall–Kier alpha value is -3.87. The average Bonchev–Trinajstić information content (AvgIpc) is 2.73. The Kier molecular flexibility index (Phi) is 6.64. The van der Waals surface area contributed by atoms with Crippen LogP contribution in [0, 0.1) is 0 Å². The number of nitrogens with zero attached hydrogens (tertiary/aromatic N) is 1. The Morgan fingerprint density at radius 1 is 1.03 bits per heavy atom. The smallest absolute Gasteiger partial charge is 0.275 e. The van der Waals surface area contributed by atoms with E-state index in [1.165, 1.54) is 6.07 Å². The fourth-order valence-electron chi connectivity index (χ4n) is 2.93. The minimum atomic E-state index is -0.556. The first-order valence-electron chi connectivity index (χ1n) is 9.55. The maximum atomic E-state index is 12.4. The van der Waals surface area contributed by atoms with Crippen molar-refractivity contribution in [1.29, 1.82) is 0 Å². The minimum absolute atomic E-state index is 0.00948. The largest absolute Gasteiger partial charge is 0.507 e. The molecule has 2 amide bonds. The lowest BCUT2D eigenvalue weighted by molar-refractivity contribution is -0.115. The normalized spacial score (nSPS) is 11.2. The number of anilines is 1. The summed E-state index contributed by atoms with van der Waals surface area (Å²) in [7, 11) is 0. The predicted molar refractivity (Wildman–Crippen MR) is 117 cm³/mol. The van der Waals surface area contributed by atoms with Crippen molar-refractivity contribution >= 4 is 34.0 Å². The van der Waals surface area contributed by atoms with Crippen molar-refractivity contribution in [3.8, 4) is 11.5 Å². The number of carbonyl (C=O) groups is 2. The zero-order valence-electron chi connectivity index (χ0n) is 16.8. The van der Waals surface area contributed by atoms with Crippen molar-refractivity contribution in [3.63, 3.8) is 0 Å². The summed E-state index contributed by atoms with van der Waals surface area (Å²) < 4.78 is 5.49. The summed E-state index contributed by atoms with van der Waals surface area (Å²) in [4.78, 5) is 24.7. The van der Waals surface area contributed by atoms with Gasteiger partial charge in [-0.1, -0.05) is 36.4 Å². The molecule has 0 saturated carbocycles. The molecule has 0 spiro atoms. The first kappa shape index (κ1) is 20.9. The van der Waals surface area contributed by atoms with E-state index in [-0.39, 0.29) is 23.6 Å². The molecule has 0 bridgehead atoms. The quantitative estimate of drug-likeness (QED) is 0.407. The molecule has 7 nitrogen and oxygen atoms in total. The monoisotopic (exact) mass is 405 g/mol. The number of amides is 2. The van der Waals surface area contributed by atoms with Crippen molar-refractivity contribution in [2.24, 2.45) is 5.10 Å². The number of phenols is 1. The lowest BCUT2D eigenvalue weighted by atomic mass is 10.1. The summed E-state index contributed by atoms with van der Waals surface area (Å²) >= 11 is 0. The van der Waals surface area contributed by atoms with Crippen molar-refractivity contribution < 1.29 is 19.4 Å². The van der Waals surface area contributed by atoms with Gasteiger partial charge in [0.1, 0.15) is 11.5 Å². The number of nitrogens with one attached hydrogen (secondary N) is 2. The maximum Gasteiger partial charge on any atom is 0.275 e. The number of hydrogen-bond donors (Lipinski definition) is 3. The predicted octanol–water partition coefficient (Wildman–Crippen LogP) is 4.08. The second-order valence-electron chi connectivity index (χ2n) is 6.66. The first-order chi connectivity index (χ1) is 14.5. The van der Waals surface area contributed by atoms with Crippen LogP contribution < -0.4 is 15.5 Å². The summed E-state index contributed by atoms with van der Waals surface area (Å²) in [5.41, 5.74) is 3.48.